The number of anilines is 1. The van der Waals surface area contributed by atoms with E-state index in [2.05, 4.69) is 14.9 Å². The fraction of sp³-hybridized carbons (Fsp3) is 0.316. The van der Waals surface area contributed by atoms with Crippen LogP contribution in [-0.4, -0.2) is 28.0 Å². The van der Waals surface area contributed by atoms with Crippen molar-refractivity contribution in [3.05, 3.63) is 47.5 Å². The molecule has 0 bridgehead atoms. The molecule has 2 aromatic heterocycles. The Bertz CT molecular complexity index is 917. The molecule has 3 aromatic rings. The maximum Gasteiger partial charge on any atom is 0.226 e. The van der Waals surface area contributed by atoms with Crippen molar-refractivity contribution in [1.29, 1.82) is 0 Å². The second-order valence-corrected chi connectivity index (χ2v) is 6.31. The molecule has 3 heterocycles. The third-order valence-electron chi connectivity index (χ3n) is 4.69. The summed E-state index contributed by atoms with van der Waals surface area (Å²) in [6.45, 7) is 5.92. The molecular formula is C19H19FN4. The van der Waals surface area contributed by atoms with Crippen LogP contribution in [0.3, 0.4) is 0 Å². The van der Waals surface area contributed by atoms with Crippen LogP contribution in [0.5, 0.6) is 0 Å². The molecule has 1 aliphatic heterocycles. The highest BCUT2D eigenvalue weighted by Crippen LogP contribution is 2.31. The molecule has 5 heteroatoms. The minimum Gasteiger partial charge on any atom is -0.341 e. The predicted octanol–water partition coefficient (Wildman–Crippen LogP) is 4.05. The summed E-state index contributed by atoms with van der Waals surface area (Å²) < 4.78 is 14.1. The third-order valence-corrected chi connectivity index (χ3v) is 4.69. The van der Waals surface area contributed by atoms with E-state index in [0.29, 0.717) is 0 Å². The number of aryl methyl sites for hydroxylation is 1. The zero-order valence-corrected chi connectivity index (χ0v) is 13.9. The van der Waals surface area contributed by atoms with Crippen LogP contribution in [0.4, 0.5) is 10.3 Å². The third kappa shape index (κ3) is 2.50. The van der Waals surface area contributed by atoms with E-state index in [1.165, 1.54) is 12.1 Å². The summed E-state index contributed by atoms with van der Waals surface area (Å²) in [5, 5.41) is 0.783. The number of pyridine rings is 1. The van der Waals surface area contributed by atoms with E-state index < -0.39 is 0 Å². The van der Waals surface area contributed by atoms with Gasteiger partial charge in [0.25, 0.3) is 0 Å². The second-order valence-electron chi connectivity index (χ2n) is 6.31. The molecule has 122 valence electrons. The molecule has 0 N–H and O–H groups in total. The van der Waals surface area contributed by atoms with E-state index in [9.17, 15) is 4.39 Å². The topological polar surface area (TPSA) is 41.9 Å². The first-order valence-electron chi connectivity index (χ1n) is 8.28. The normalized spacial score (nSPS) is 14.5. The van der Waals surface area contributed by atoms with E-state index in [0.717, 1.165) is 65.3 Å². The molecule has 0 radical (unpaired) electrons. The minimum absolute atomic E-state index is 0.274. The summed E-state index contributed by atoms with van der Waals surface area (Å²) in [6.07, 6.45) is 4.06. The highest BCUT2D eigenvalue weighted by atomic mass is 19.1. The molecule has 1 saturated heterocycles. The Kier molecular flexibility index (Phi) is 3.63. The second kappa shape index (κ2) is 5.82. The van der Waals surface area contributed by atoms with Crippen molar-refractivity contribution in [3.63, 3.8) is 0 Å². The number of benzene rings is 1. The van der Waals surface area contributed by atoms with Crippen molar-refractivity contribution in [1.82, 2.24) is 15.0 Å². The molecule has 1 aliphatic rings. The number of hydrogen-bond acceptors (Lipinski definition) is 4. The Morgan fingerprint density at radius 2 is 1.88 bits per heavy atom. The first-order chi connectivity index (χ1) is 11.6. The monoisotopic (exact) mass is 322 g/mol. The van der Waals surface area contributed by atoms with Gasteiger partial charge >= 0.3 is 0 Å². The minimum atomic E-state index is -0.274. The lowest BCUT2D eigenvalue weighted by atomic mass is 10.0. The highest BCUT2D eigenvalue weighted by Gasteiger charge is 2.20. The number of fused-ring (bicyclic) bond motifs is 1. The van der Waals surface area contributed by atoms with Crippen molar-refractivity contribution in [3.8, 4) is 11.3 Å². The van der Waals surface area contributed by atoms with E-state index in [1.807, 2.05) is 26.0 Å². The van der Waals surface area contributed by atoms with Crippen molar-refractivity contribution in [2.75, 3.05) is 18.0 Å². The predicted molar refractivity (Wildman–Crippen MR) is 93.6 cm³/mol. The molecule has 0 aliphatic carbocycles. The summed E-state index contributed by atoms with van der Waals surface area (Å²) in [7, 11) is 0. The van der Waals surface area contributed by atoms with Crippen molar-refractivity contribution >= 4 is 16.9 Å². The van der Waals surface area contributed by atoms with Crippen LogP contribution in [0.15, 0.2) is 30.5 Å². The van der Waals surface area contributed by atoms with E-state index >= 15 is 0 Å². The molecule has 1 aromatic carbocycles. The molecule has 0 atom stereocenters. The summed E-state index contributed by atoms with van der Waals surface area (Å²) in [5.74, 6) is 0.461. The number of nitrogens with zero attached hydrogens (tertiary/aromatic N) is 4. The zero-order valence-electron chi connectivity index (χ0n) is 13.9. The standard InChI is InChI=1S/C19H19FN4/c1-12-13(2)22-19(24-8-3-4-9-24)23-17(12)16-11-15(20)10-14-6-5-7-21-18(14)16/h5-7,10-11H,3-4,8-9H2,1-2H3. The SMILES string of the molecule is Cc1nc(N2CCCC2)nc(-c2cc(F)cc3cccnc23)c1C. The lowest BCUT2D eigenvalue weighted by Crippen LogP contribution is -2.21. The first kappa shape index (κ1) is 15.0. The van der Waals surface area contributed by atoms with Gasteiger partial charge in [-0.05, 0) is 50.5 Å². The van der Waals surface area contributed by atoms with Crippen LogP contribution in [0, 0.1) is 19.7 Å². The lowest BCUT2D eigenvalue weighted by Gasteiger charge is -2.18. The highest BCUT2D eigenvalue weighted by molar-refractivity contribution is 5.93. The van der Waals surface area contributed by atoms with Gasteiger partial charge in [-0.3, -0.25) is 4.98 Å². The Morgan fingerprint density at radius 1 is 1.08 bits per heavy atom. The van der Waals surface area contributed by atoms with Gasteiger partial charge < -0.3 is 4.90 Å². The van der Waals surface area contributed by atoms with Gasteiger partial charge in [-0.1, -0.05) is 6.07 Å². The van der Waals surface area contributed by atoms with Crippen molar-refractivity contribution in [2.45, 2.75) is 26.7 Å². The van der Waals surface area contributed by atoms with Gasteiger partial charge in [0.1, 0.15) is 5.82 Å². The summed E-state index contributed by atoms with van der Waals surface area (Å²) in [6, 6.07) is 6.73. The van der Waals surface area contributed by atoms with Gasteiger partial charge in [0.15, 0.2) is 0 Å². The molecule has 0 amide bonds. The molecule has 4 nitrogen and oxygen atoms in total. The summed E-state index contributed by atoms with van der Waals surface area (Å²) in [4.78, 5) is 16.1. The van der Waals surface area contributed by atoms with Gasteiger partial charge in [0.2, 0.25) is 5.95 Å². The van der Waals surface area contributed by atoms with Crippen LogP contribution < -0.4 is 4.90 Å². The zero-order chi connectivity index (χ0) is 16.7. The van der Waals surface area contributed by atoms with E-state index in [1.54, 1.807) is 6.20 Å². The quantitative estimate of drug-likeness (QED) is 0.714. The molecule has 24 heavy (non-hydrogen) atoms. The van der Waals surface area contributed by atoms with Gasteiger partial charge in [0, 0.05) is 35.9 Å². The van der Waals surface area contributed by atoms with Gasteiger partial charge in [0.05, 0.1) is 11.2 Å². The maximum atomic E-state index is 14.1. The molecular weight excluding hydrogens is 303 g/mol. The van der Waals surface area contributed by atoms with Crippen LogP contribution in [0.25, 0.3) is 22.2 Å². The summed E-state index contributed by atoms with van der Waals surface area (Å²) in [5.41, 5.74) is 4.17. The van der Waals surface area contributed by atoms with Crippen molar-refractivity contribution < 1.29 is 4.39 Å². The van der Waals surface area contributed by atoms with Crippen LogP contribution >= 0.6 is 0 Å². The number of aromatic nitrogens is 3. The van der Waals surface area contributed by atoms with E-state index in [-0.39, 0.29) is 5.82 Å². The molecule has 0 spiro atoms. The van der Waals surface area contributed by atoms with Gasteiger partial charge in [-0.25, -0.2) is 14.4 Å². The maximum absolute atomic E-state index is 14.1. The van der Waals surface area contributed by atoms with Crippen LogP contribution in [0.1, 0.15) is 24.1 Å². The largest absolute Gasteiger partial charge is 0.341 e. The number of halogens is 1. The first-order valence-corrected chi connectivity index (χ1v) is 8.28. The molecule has 4 rings (SSSR count). The number of hydrogen-bond donors (Lipinski definition) is 0. The Labute approximate surface area is 140 Å². The molecule has 0 saturated carbocycles. The average Bonchev–Trinajstić information content (AvgIpc) is 3.11. The van der Waals surface area contributed by atoms with Crippen LogP contribution in [0.2, 0.25) is 0 Å². The van der Waals surface area contributed by atoms with Crippen LogP contribution in [-0.2, 0) is 0 Å². The van der Waals surface area contributed by atoms with E-state index in [4.69, 9.17) is 4.98 Å². The Morgan fingerprint density at radius 3 is 2.67 bits per heavy atom. The number of rotatable bonds is 2. The fourth-order valence-electron chi connectivity index (χ4n) is 3.27. The Balaban J connectivity index is 1.96. The average molecular weight is 322 g/mol. The summed E-state index contributed by atoms with van der Waals surface area (Å²) >= 11 is 0. The molecule has 0 unspecified atom stereocenters. The Hall–Kier alpha value is -2.56. The van der Waals surface area contributed by atoms with Gasteiger partial charge in [-0.2, -0.15) is 0 Å². The lowest BCUT2D eigenvalue weighted by molar-refractivity contribution is 0.630. The van der Waals surface area contributed by atoms with Crippen molar-refractivity contribution in [2.24, 2.45) is 0 Å². The fourth-order valence-corrected chi connectivity index (χ4v) is 3.27. The smallest absolute Gasteiger partial charge is 0.226 e. The van der Waals surface area contributed by atoms with Gasteiger partial charge in [-0.15, -0.1) is 0 Å². The molecule has 1 fully saturated rings.